The molecule has 2 nitrogen and oxygen atoms in total. The first-order valence-corrected chi connectivity index (χ1v) is 10.8. The average Bonchev–Trinajstić information content (AvgIpc) is 2.66. The standard InChI is InChI=1S/C24H23Cl2NO/c25-20-4-2-19(3-5-20)24-12-16-9-17(13-24)11-23(10-16,15-24)8-7-21(28)18-1-6-22(26)27-14-18/h1-8,14,16-17H,9-13,15H2/b8-7+. The van der Waals surface area contributed by atoms with Gasteiger partial charge in [0.2, 0.25) is 0 Å². The van der Waals surface area contributed by atoms with E-state index in [0.29, 0.717) is 10.7 Å². The van der Waals surface area contributed by atoms with Crippen molar-refractivity contribution in [2.75, 3.05) is 0 Å². The fourth-order valence-corrected chi connectivity index (χ4v) is 6.78. The second-order valence-corrected chi connectivity index (χ2v) is 10.0. The van der Waals surface area contributed by atoms with Crippen LogP contribution in [-0.2, 0) is 5.41 Å². The number of halogens is 2. The van der Waals surface area contributed by atoms with Gasteiger partial charge in [-0.25, -0.2) is 4.98 Å². The van der Waals surface area contributed by atoms with Crippen LogP contribution in [-0.4, -0.2) is 10.8 Å². The number of benzene rings is 1. The third kappa shape index (κ3) is 3.21. The van der Waals surface area contributed by atoms with E-state index in [1.54, 1.807) is 24.4 Å². The lowest BCUT2D eigenvalue weighted by molar-refractivity contribution is -0.0455. The number of carbonyl (C=O) groups excluding carboxylic acids is 1. The van der Waals surface area contributed by atoms with E-state index in [1.807, 2.05) is 12.1 Å². The summed E-state index contributed by atoms with van der Waals surface area (Å²) in [6.45, 7) is 0. The van der Waals surface area contributed by atoms with Crippen molar-refractivity contribution in [2.45, 2.75) is 43.9 Å². The van der Waals surface area contributed by atoms with E-state index in [2.05, 4.69) is 23.2 Å². The highest BCUT2D eigenvalue weighted by molar-refractivity contribution is 6.30. The van der Waals surface area contributed by atoms with Crippen LogP contribution in [0.25, 0.3) is 0 Å². The molecule has 1 heterocycles. The molecule has 1 aromatic heterocycles. The molecule has 144 valence electrons. The van der Waals surface area contributed by atoms with Gasteiger partial charge in [-0.2, -0.15) is 0 Å². The zero-order valence-corrected chi connectivity index (χ0v) is 17.2. The Morgan fingerprint density at radius 3 is 2.36 bits per heavy atom. The van der Waals surface area contributed by atoms with Crippen molar-refractivity contribution in [3.05, 3.63) is 76.0 Å². The molecule has 4 fully saturated rings. The van der Waals surface area contributed by atoms with Gasteiger partial charge in [0.15, 0.2) is 5.78 Å². The van der Waals surface area contributed by atoms with Crippen LogP contribution in [0.5, 0.6) is 0 Å². The van der Waals surface area contributed by atoms with Gasteiger partial charge in [0.1, 0.15) is 5.15 Å². The van der Waals surface area contributed by atoms with Crippen molar-refractivity contribution in [3.8, 4) is 0 Å². The topological polar surface area (TPSA) is 30.0 Å². The number of allylic oxidation sites excluding steroid dienone is 2. The smallest absolute Gasteiger partial charge is 0.187 e. The van der Waals surface area contributed by atoms with Crippen LogP contribution in [0.15, 0.2) is 54.7 Å². The van der Waals surface area contributed by atoms with Crippen LogP contribution < -0.4 is 0 Å². The fourth-order valence-electron chi connectivity index (χ4n) is 6.54. The molecular formula is C24H23Cl2NO. The van der Waals surface area contributed by atoms with Gasteiger partial charge in [0.25, 0.3) is 0 Å². The van der Waals surface area contributed by atoms with Crippen LogP contribution in [0.3, 0.4) is 0 Å². The molecule has 0 aliphatic heterocycles. The summed E-state index contributed by atoms with van der Waals surface area (Å²) in [6, 6.07) is 11.9. The van der Waals surface area contributed by atoms with Crippen molar-refractivity contribution in [3.63, 3.8) is 0 Å². The Morgan fingerprint density at radius 1 is 1.00 bits per heavy atom. The molecule has 2 aromatic rings. The lowest BCUT2D eigenvalue weighted by atomic mass is 9.43. The van der Waals surface area contributed by atoms with E-state index in [1.165, 1.54) is 37.7 Å². The second-order valence-electron chi connectivity index (χ2n) is 9.18. The number of hydrogen-bond donors (Lipinski definition) is 0. The minimum atomic E-state index is 0.0143. The molecule has 1 aromatic carbocycles. The van der Waals surface area contributed by atoms with E-state index in [4.69, 9.17) is 23.2 Å². The summed E-state index contributed by atoms with van der Waals surface area (Å²) in [6.07, 6.45) is 13.0. The van der Waals surface area contributed by atoms with Gasteiger partial charge in [-0.1, -0.05) is 41.4 Å². The Labute approximate surface area is 176 Å². The predicted molar refractivity (Wildman–Crippen MR) is 113 cm³/mol. The van der Waals surface area contributed by atoms with E-state index < -0.39 is 0 Å². The Hall–Kier alpha value is -1.64. The van der Waals surface area contributed by atoms with E-state index in [-0.39, 0.29) is 16.6 Å². The third-order valence-electron chi connectivity index (χ3n) is 7.16. The summed E-state index contributed by atoms with van der Waals surface area (Å²) >= 11 is 12.0. The lowest BCUT2D eigenvalue weighted by Gasteiger charge is -2.62. The van der Waals surface area contributed by atoms with Gasteiger partial charge in [0.05, 0.1) is 0 Å². The molecule has 28 heavy (non-hydrogen) atoms. The summed E-state index contributed by atoms with van der Waals surface area (Å²) in [5.74, 6) is 1.53. The number of hydrogen-bond acceptors (Lipinski definition) is 2. The lowest BCUT2D eigenvalue weighted by Crippen LogP contribution is -2.53. The molecule has 4 bridgehead atoms. The minimum absolute atomic E-state index is 0.0143. The molecular weight excluding hydrogens is 389 g/mol. The van der Waals surface area contributed by atoms with Crippen LogP contribution >= 0.6 is 23.2 Å². The zero-order valence-electron chi connectivity index (χ0n) is 15.7. The summed E-state index contributed by atoms with van der Waals surface area (Å²) < 4.78 is 0. The maximum atomic E-state index is 12.7. The molecule has 4 aliphatic rings. The maximum Gasteiger partial charge on any atom is 0.187 e. The van der Waals surface area contributed by atoms with Gasteiger partial charge in [-0.15, -0.1) is 0 Å². The van der Waals surface area contributed by atoms with Crippen molar-refractivity contribution >= 4 is 29.0 Å². The molecule has 2 unspecified atom stereocenters. The second kappa shape index (κ2) is 6.71. The number of aromatic nitrogens is 1. The van der Waals surface area contributed by atoms with E-state index in [9.17, 15) is 4.79 Å². The molecule has 0 radical (unpaired) electrons. The molecule has 4 aliphatic carbocycles. The van der Waals surface area contributed by atoms with Crippen molar-refractivity contribution in [1.29, 1.82) is 0 Å². The SMILES string of the molecule is O=C(/C=C/C12CC3CC(C1)CC(c1ccc(Cl)cc1)(C3)C2)c1ccc(Cl)nc1. The van der Waals surface area contributed by atoms with E-state index >= 15 is 0 Å². The fraction of sp³-hybridized carbons (Fsp3) is 0.417. The molecule has 6 rings (SSSR count). The zero-order chi connectivity index (χ0) is 19.4. The van der Waals surface area contributed by atoms with Crippen LogP contribution in [0.2, 0.25) is 10.2 Å². The first-order valence-electron chi connectivity index (χ1n) is 10.1. The summed E-state index contributed by atoms with van der Waals surface area (Å²) in [4.78, 5) is 16.7. The molecule has 0 amide bonds. The first kappa shape index (κ1) is 18.4. The Bertz CT molecular complexity index is 918. The number of nitrogens with zero attached hydrogens (tertiary/aromatic N) is 1. The predicted octanol–water partition coefficient (Wildman–Crippen LogP) is 6.67. The van der Waals surface area contributed by atoms with Crippen molar-refractivity contribution in [1.82, 2.24) is 4.98 Å². The molecule has 2 atom stereocenters. The largest absolute Gasteiger partial charge is 0.289 e. The van der Waals surface area contributed by atoms with Gasteiger partial charge in [0, 0.05) is 16.8 Å². The minimum Gasteiger partial charge on any atom is -0.289 e. The van der Waals surface area contributed by atoms with Crippen LogP contribution in [0.1, 0.15) is 54.4 Å². The van der Waals surface area contributed by atoms with Crippen molar-refractivity contribution in [2.24, 2.45) is 17.3 Å². The first-order chi connectivity index (χ1) is 13.5. The molecule has 0 spiro atoms. The molecule has 4 heteroatoms. The third-order valence-corrected chi connectivity index (χ3v) is 7.64. The van der Waals surface area contributed by atoms with Crippen LogP contribution in [0.4, 0.5) is 0 Å². The normalized spacial score (nSPS) is 33.5. The van der Waals surface area contributed by atoms with Crippen LogP contribution in [0, 0.1) is 17.3 Å². The highest BCUT2D eigenvalue weighted by Gasteiger charge is 2.57. The highest BCUT2D eigenvalue weighted by atomic mass is 35.5. The maximum absolute atomic E-state index is 12.7. The van der Waals surface area contributed by atoms with Gasteiger partial charge in [-0.3, -0.25) is 4.79 Å². The average molecular weight is 412 g/mol. The quantitative estimate of drug-likeness (QED) is 0.319. The number of rotatable bonds is 4. The molecule has 0 N–H and O–H groups in total. The Kier molecular flexibility index (Phi) is 4.41. The van der Waals surface area contributed by atoms with Gasteiger partial charge in [-0.05, 0) is 97.1 Å². The number of pyridine rings is 1. The Balaban J connectivity index is 1.44. The summed E-state index contributed by atoms with van der Waals surface area (Å²) in [7, 11) is 0. The highest BCUT2D eigenvalue weighted by Crippen LogP contribution is 2.66. The summed E-state index contributed by atoms with van der Waals surface area (Å²) in [5, 5.41) is 1.21. The molecule has 4 saturated carbocycles. The van der Waals surface area contributed by atoms with Crippen molar-refractivity contribution < 1.29 is 4.79 Å². The number of carbonyl (C=O) groups is 1. The van der Waals surface area contributed by atoms with E-state index in [0.717, 1.165) is 23.3 Å². The Morgan fingerprint density at radius 2 is 1.71 bits per heavy atom. The monoisotopic (exact) mass is 411 g/mol. The molecule has 0 saturated heterocycles. The van der Waals surface area contributed by atoms with Gasteiger partial charge >= 0.3 is 0 Å². The summed E-state index contributed by atoms with van der Waals surface area (Å²) in [5.41, 5.74) is 2.40. The van der Waals surface area contributed by atoms with Gasteiger partial charge < -0.3 is 0 Å². The number of ketones is 1.